The van der Waals surface area contributed by atoms with Crippen LogP contribution in [0.1, 0.15) is 37.3 Å². The average Bonchev–Trinajstić information content (AvgIpc) is 2.24. The molecule has 0 spiro atoms. The lowest BCUT2D eigenvalue weighted by Crippen LogP contribution is -2.40. The monoisotopic (exact) mass is 218 g/mol. The number of benzene rings is 1. The van der Waals surface area contributed by atoms with E-state index in [1.54, 1.807) is 6.07 Å². The van der Waals surface area contributed by atoms with Gasteiger partial charge in [0.05, 0.1) is 5.69 Å². The fourth-order valence-corrected chi connectivity index (χ4v) is 2.57. The van der Waals surface area contributed by atoms with Crippen molar-refractivity contribution < 1.29 is 5.11 Å². The number of hydrogen-bond acceptors (Lipinski definition) is 3. The quantitative estimate of drug-likeness (QED) is 0.668. The molecule has 2 aliphatic rings. The Morgan fingerprint density at radius 3 is 2.88 bits per heavy atom. The Kier molecular flexibility index (Phi) is 2.48. The van der Waals surface area contributed by atoms with Gasteiger partial charge in [-0.05, 0) is 30.9 Å². The number of phenols is 1. The van der Waals surface area contributed by atoms with E-state index in [-0.39, 0.29) is 0 Å². The number of anilines is 1. The Bertz CT molecular complexity index is 388. The van der Waals surface area contributed by atoms with Crippen LogP contribution in [0, 0.1) is 0 Å². The van der Waals surface area contributed by atoms with Crippen LogP contribution in [0.25, 0.3) is 0 Å². The predicted octanol–water partition coefficient (Wildman–Crippen LogP) is 2.39. The average molecular weight is 218 g/mol. The highest BCUT2D eigenvalue weighted by molar-refractivity contribution is 5.63. The summed E-state index contributed by atoms with van der Waals surface area (Å²) in [5.74, 6) is 0.373. The molecule has 1 aliphatic carbocycles. The number of aromatic hydroxyl groups is 1. The fraction of sp³-hybridized carbons (Fsp3) is 0.538. The van der Waals surface area contributed by atoms with Crippen LogP contribution < -0.4 is 10.6 Å². The third-order valence-electron chi connectivity index (χ3n) is 3.73. The summed E-state index contributed by atoms with van der Waals surface area (Å²) >= 11 is 0. The zero-order valence-corrected chi connectivity index (χ0v) is 9.37. The first-order valence-electron chi connectivity index (χ1n) is 6.16. The molecule has 1 aromatic rings. The molecule has 0 saturated heterocycles. The van der Waals surface area contributed by atoms with Crippen LogP contribution in [0.3, 0.4) is 0 Å². The number of nitrogens with one attached hydrogen (secondary N) is 2. The minimum absolute atomic E-state index is 0.373. The van der Waals surface area contributed by atoms with E-state index in [9.17, 15) is 5.11 Å². The number of para-hydroxylation sites is 1. The van der Waals surface area contributed by atoms with Crippen molar-refractivity contribution in [3.8, 4) is 5.75 Å². The van der Waals surface area contributed by atoms with Crippen molar-refractivity contribution in [3.63, 3.8) is 0 Å². The van der Waals surface area contributed by atoms with Gasteiger partial charge in [0.25, 0.3) is 0 Å². The molecule has 1 saturated carbocycles. The maximum Gasteiger partial charge on any atom is 0.139 e. The van der Waals surface area contributed by atoms with Crippen LogP contribution in [0.5, 0.6) is 5.75 Å². The van der Waals surface area contributed by atoms with Crippen LogP contribution in [-0.4, -0.2) is 17.7 Å². The van der Waals surface area contributed by atoms with Gasteiger partial charge >= 0.3 is 0 Å². The van der Waals surface area contributed by atoms with Gasteiger partial charge in [-0.15, -0.1) is 0 Å². The van der Waals surface area contributed by atoms with Gasteiger partial charge in [-0.1, -0.05) is 18.6 Å². The highest BCUT2D eigenvalue weighted by Gasteiger charge is 2.26. The van der Waals surface area contributed by atoms with Crippen molar-refractivity contribution in [2.45, 2.75) is 37.8 Å². The molecular formula is C13H18N2O. The van der Waals surface area contributed by atoms with Gasteiger partial charge in [0.1, 0.15) is 5.75 Å². The summed E-state index contributed by atoms with van der Waals surface area (Å²) in [6.07, 6.45) is 5.07. The lowest BCUT2D eigenvalue weighted by molar-refractivity contribution is 0.298. The zero-order chi connectivity index (χ0) is 11.0. The summed E-state index contributed by atoms with van der Waals surface area (Å²) in [5, 5.41) is 16.8. The maximum absolute atomic E-state index is 9.79. The van der Waals surface area contributed by atoms with Crippen LogP contribution in [0.15, 0.2) is 18.2 Å². The van der Waals surface area contributed by atoms with E-state index >= 15 is 0 Å². The molecule has 3 heteroatoms. The van der Waals surface area contributed by atoms with Gasteiger partial charge in [0.15, 0.2) is 0 Å². The molecule has 86 valence electrons. The standard InChI is InChI=1S/C13H18N2O/c16-12-6-2-5-10-11(7-8-14-13(10)12)15-9-3-1-4-9/h2,5-6,9,11,14-16H,1,3-4,7-8H2. The first-order chi connectivity index (χ1) is 7.84. The number of rotatable bonds is 2. The molecule has 0 amide bonds. The van der Waals surface area contributed by atoms with Crippen molar-refractivity contribution in [1.29, 1.82) is 0 Å². The van der Waals surface area contributed by atoms with E-state index in [0.717, 1.165) is 18.7 Å². The topological polar surface area (TPSA) is 44.3 Å². The molecule has 0 aromatic heterocycles. The summed E-state index contributed by atoms with van der Waals surface area (Å²) in [7, 11) is 0. The maximum atomic E-state index is 9.79. The predicted molar refractivity (Wildman–Crippen MR) is 64.7 cm³/mol. The van der Waals surface area contributed by atoms with Gasteiger partial charge in [-0.3, -0.25) is 0 Å². The van der Waals surface area contributed by atoms with E-state index in [1.807, 2.05) is 6.07 Å². The number of hydrogen-bond donors (Lipinski definition) is 3. The molecule has 1 fully saturated rings. The van der Waals surface area contributed by atoms with E-state index in [1.165, 1.54) is 24.8 Å². The Labute approximate surface area is 95.9 Å². The lowest BCUT2D eigenvalue weighted by atomic mass is 9.89. The third-order valence-corrected chi connectivity index (χ3v) is 3.73. The van der Waals surface area contributed by atoms with Crippen LogP contribution in [0.2, 0.25) is 0 Å². The van der Waals surface area contributed by atoms with Crippen LogP contribution in [-0.2, 0) is 0 Å². The first kappa shape index (κ1) is 9.97. The molecule has 1 aromatic carbocycles. The summed E-state index contributed by atoms with van der Waals surface area (Å²) in [6, 6.07) is 6.89. The van der Waals surface area contributed by atoms with E-state index < -0.39 is 0 Å². The van der Waals surface area contributed by atoms with Gasteiger partial charge in [-0.25, -0.2) is 0 Å². The minimum Gasteiger partial charge on any atom is -0.506 e. The molecule has 3 rings (SSSR count). The summed E-state index contributed by atoms with van der Waals surface area (Å²) in [4.78, 5) is 0. The summed E-state index contributed by atoms with van der Waals surface area (Å²) in [6.45, 7) is 0.939. The Balaban J connectivity index is 1.84. The highest BCUT2D eigenvalue weighted by Crippen LogP contribution is 2.37. The van der Waals surface area contributed by atoms with Crippen molar-refractivity contribution in [2.75, 3.05) is 11.9 Å². The smallest absolute Gasteiger partial charge is 0.139 e. The van der Waals surface area contributed by atoms with E-state index in [2.05, 4.69) is 16.7 Å². The molecule has 16 heavy (non-hydrogen) atoms. The number of fused-ring (bicyclic) bond motifs is 1. The van der Waals surface area contributed by atoms with E-state index in [4.69, 9.17) is 0 Å². The van der Waals surface area contributed by atoms with Crippen molar-refractivity contribution in [2.24, 2.45) is 0 Å². The van der Waals surface area contributed by atoms with Crippen LogP contribution >= 0.6 is 0 Å². The zero-order valence-electron chi connectivity index (χ0n) is 9.37. The Morgan fingerprint density at radius 1 is 1.25 bits per heavy atom. The van der Waals surface area contributed by atoms with Crippen molar-refractivity contribution in [1.82, 2.24) is 5.32 Å². The van der Waals surface area contributed by atoms with E-state index in [0.29, 0.717) is 17.8 Å². The van der Waals surface area contributed by atoms with Gasteiger partial charge in [0.2, 0.25) is 0 Å². The first-order valence-corrected chi connectivity index (χ1v) is 6.16. The summed E-state index contributed by atoms with van der Waals surface area (Å²) < 4.78 is 0. The van der Waals surface area contributed by atoms with Gasteiger partial charge < -0.3 is 15.7 Å². The fourth-order valence-electron chi connectivity index (χ4n) is 2.57. The number of phenolic OH excluding ortho intramolecular Hbond substituents is 1. The van der Waals surface area contributed by atoms with Gasteiger partial charge in [0, 0.05) is 18.6 Å². The molecule has 0 radical (unpaired) electrons. The molecule has 3 nitrogen and oxygen atoms in total. The molecule has 3 N–H and O–H groups in total. The molecule has 1 aliphatic heterocycles. The normalized spacial score (nSPS) is 24.4. The van der Waals surface area contributed by atoms with Crippen LogP contribution in [0.4, 0.5) is 5.69 Å². The largest absolute Gasteiger partial charge is 0.506 e. The molecule has 0 bridgehead atoms. The SMILES string of the molecule is Oc1cccc2c1NCCC2NC1CCC1. The molecule has 1 heterocycles. The Hall–Kier alpha value is -1.22. The Morgan fingerprint density at radius 2 is 2.12 bits per heavy atom. The second-order valence-corrected chi connectivity index (χ2v) is 4.80. The third kappa shape index (κ3) is 1.65. The minimum atomic E-state index is 0.373. The van der Waals surface area contributed by atoms with Gasteiger partial charge in [-0.2, -0.15) is 0 Å². The van der Waals surface area contributed by atoms with Crippen molar-refractivity contribution in [3.05, 3.63) is 23.8 Å². The molecular weight excluding hydrogens is 200 g/mol. The highest BCUT2D eigenvalue weighted by atomic mass is 16.3. The summed E-state index contributed by atoms with van der Waals surface area (Å²) in [5.41, 5.74) is 2.14. The molecule has 1 unspecified atom stereocenters. The second kappa shape index (κ2) is 3.98. The molecule has 1 atom stereocenters. The lowest BCUT2D eigenvalue weighted by Gasteiger charge is -2.35. The van der Waals surface area contributed by atoms with Crippen molar-refractivity contribution >= 4 is 5.69 Å². The second-order valence-electron chi connectivity index (χ2n) is 4.80.